The summed E-state index contributed by atoms with van der Waals surface area (Å²) in [6, 6.07) is 7.66. The Bertz CT molecular complexity index is 955. The Kier molecular flexibility index (Phi) is 3.49. The Morgan fingerprint density at radius 1 is 1.16 bits per heavy atom. The summed E-state index contributed by atoms with van der Waals surface area (Å²) in [5.41, 5.74) is 2.77. The highest BCUT2D eigenvalue weighted by Crippen LogP contribution is 2.40. The third-order valence-electron chi connectivity index (χ3n) is 4.52. The number of aryl methyl sites for hydroxylation is 2. The average molecular weight is 336 g/mol. The van der Waals surface area contributed by atoms with E-state index in [-0.39, 0.29) is 11.4 Å². The monoisotopic (exact) mass is 336 g/mol. The molecular weight excluding hydrogens is 316 g/mol. The first-order valence-electron chi connectivity index (χ1n) is 8.36. The van der Waals surface area contributed by atoms with Crippen LogP contribution in [-0.2, 0) is 0 Å². The number of carbonyl (C=O) groups excluding carboxylic acids is 1. The van der Waals surface area contributed by atoms with Crippen molar-refractivity contribution in [2.75, 3.05) is 10.6 Å². The quantitative estimate of drug-likeness (QED) is 0.751. The van der Waals surface area contributed by atoms with Crippen LogP contribution < -0.4 is 10.6 Å². The number of aromatic nitrogens is 2. The first kappa shape index (κ1) is 15.6. The number of hydrogen-bond acceptors (Lipinski definition) is 5. The van der Waals surface area contributed by atoms with Crippen molar-refractivity contribution in [3.8, 4) is 0 Å². The number of nitrogens with zero attached hydrogens (tertiary/aromatic N) is 2. The molecule has 0 aliphatic heterocycles. The van der Waals surface area contributed by atoms with Gasteiger partial charge in [-0.3, -0.25) is 4.79 Å². The van der Waals surface area contributed by atoms with Crippen LogP contribution in [0, 0.1) is 13.8 Å². The third kappa shape index (κ3) is 3.07. The molecule has 1 aliphatic rings. The summed E-state index contributed by atoms with van der Waals surface area (Å²) in [5.74, 6) is 1.03. The van der Waals surface area contributed by atoms with Crippen molar-refractivity contribution in [3.05, 3.63) is 47.5 Å². The minimum absolute atomic E-state index is 0.0374. The van der Waals surface area contributed by atoms with E-state index < -0.39 is 0 Å². The number of fused-ring (bicyclic) bond motifs is 1. The molecule has 0 bridgehead atoms. The number of carbonyl (C=O) groups is 1. The lowest BCUT2D eigenvalue weighted by Gasteiger charge is -2.14. The zero-order valence-electron chi connectivity index (χ0n) is 14.5. The van der Waals surface area contributed by atoms with E-state index in [1.807, 2.05) is 38.1 Å². The second kappa shape index (κ2) is 5.58. The van der Waals surface area contributed by atoms with Gasteiger partial charge < -0.3 is 15.1 Å². The normalized spacial score (nSPS) is 15.2. The number of furan rings is 1. The van der Waals surface area contributed by atoms with Crippen molar-refractivity contribution < 1.29 is 9.21 Å². The molecule has 4 rings (SSSR count). The molecule has 0 saturated heterocycles. The summed E-state index contributed by atoms with van der Waals surface area (Å²) in [4.78, 5) is 21.5. The number of hydrogen-bond donors (Lipinski definition) is 2. The smallest absolute Gasteiger partial charge is 0.259 e. The topological polar surface area (TPSA) is 80.1 Å². The van der Waals surface area contributed by atoms with E-state index in [1.54, 1.807) is 0 Å². The lowest BCUT2D eigenvalue weighted by molar-refractivity contribution is 0.102. The maximum atomic E-state index is 12.7. The fourth-order valence-electron chi connectivity index (χ4n) is 2.74. The van der Waals surface area contributed by atoms with Crippen LogP contribution in [0.3, 0.4) is 0 Å². The van der Waals surface area contributed by atoms with Gasteiger partial charge in [-0.1, -0.05) is 17.7 Å². The molecule has 0 spiro atoms. The van der Waals surface area contributed by atoms with Gasteiger partial charge in [-0.25, -0.2) is 4.98 Å². The molecule has 128 valence electrons. The summed E-state index contributed by atoms with van der Waals surface area (Å²) in [5, 5.41) is 6.97. The van der Waals surface area contributed by atoms with Crippen molar-refractivity contribution >= 4 is 28.5 Å². The molecule has 2 N–H and O–H groups in total. The Labute approximate surface area is 145 Å². The first-order chi connectivity index (χ1) is 11.9. The predicted octanol–water partition coefficient (Wildman–Crippen LogP) is 4.06. The van der Waals surface area contributed by atoms with Crippen molar-refractivity contribution in [2.24, 2.45) is 0 Å². The van der Waals surface area contributed by atoms with Crippen LogP contribution in [0.15, 0.2) is 34.9 Å². The van der Waals surface area contributed by atoms with Gasteiger partial charge in [0.15, 0.2) is 0 Å². The van der Waals surface area contributed by atoms with Gasteiger partial charge in [0.2, 0.25) is 5.71 Å². The molecule has 2 heterocycles. The third-order valence-corrected chi connectivity index (χ3v) is 4.52. The van der Waals surface area contributed by atoms with Gasteiger partial charge in [-0.15, -0.1) is 0 Å². The minimum atomic E-state index is -0.237. The van der Waals surface area contributed by atoms with Gasteiger partial charge in [0.25, 0.3) is 5.91 Å². The molecule has 0 radical (unpaired) electrons. The fraction of sp³-hybridized carbons (Fsp3) is 0.316. The lowest BCUT2D eigenvalue weighted by Crippen LogP contribution is -2.19. The summed E-state index contributed by atoms with van der Waals surface area (Å²) in [7, 11) is 0. The Morgan fingerprint density at radius 3 is 2.56 bits per heavy atom. The van der Waals surface area contributed by atoms with Crippen LogP contribution in [0.5, 0.6) is 0 Å². The number of nitrogens with one attached hydrogen (secondary N) is 2. The summed E-state index contributed by atoms with van der Waals surface area (Å²) >= 11 is 0. The van der Waals surface area contributed by atoms with Gasteiger partial charge in [0.1, 0.15) is 17.9 Å². The maximum Gasteiger partial charge on any atom is 0.259 e. The van der Waals surface area contributed by atoms with E-state index in [0.717, 1.165) is 24.1 Å². The SMILES string of the molecule is Cc1ccc(NC(=O)c2coc3nc(C)nc(NC4(C)CC4)c23)cc1. The average Bonchev–Trinajstić information content (AvgIpc) is 3.12. The molecule has 1 aromatic carbocycles. The summed E-state index contributed by atoms with van der Waals surface area (Å²) < 4.78 is 5.53. The van der Waals surface area contributed by atoms with Crippen LogP contribution >= 0.6 is 0 Å². The Hall–Kier alpha value is -2.89. The molecule has 0 unspecified atom stereocenters. The Balaban J connectivity index is 1.71. The molecule has 1 amide bonds. The Morgan fingerprint density at radius 2 is 1.88 bits per heavy atom. The van der Waals surface area contributed by atoms with Crippen molar-refractivity contribution in [2.45, 2.75) is 39.2 Å². The van der Waals surface area contributed by atoms with Crippen LogP contribution in [0.4, 0.5) is 11.5 Å². The lowest BCUT2D eigenvalue weighted by atomic mass is 10.2. The number of benzene rings is 1. The number of amides is 1. The van der Waals surface area contributed by atoms with Crippen molar-refractivity contribution in [1.29, 1.82) is 0 Å². The number of rotatable bonds is 4. The van der Waals surface area contributed by atoms with Gasteiger partial charge in [-0.05, 0) is 45.7 Å². The van der Waals surface area contributed by atoms with Gasteiger partial charge in [0, 0.05) is 11.2 Å². The summed E-state index contributed by atoms with van der Waals surface area (Å²) in [6.45, 7) is 5.96. The second-order valence-corrected chi connectivity index (χ2v) is 6.95. The van der Waals surface area contributed by atoms with E-state index in [4.69, 9.17) is 4.42 Å². The molecule has 3 aromatic rings. The van der Waals surface area contributed by atoms with Gasteiger partial charge >= 0.3 is 0 Å². The first-order valence-corrected chi connectivity index (χ1v) is 8.36. The van der Waals surface area contributed by atoms with Crippen LogP contribution in [0.2, 0.25) is 0 Å². The molecular formula is C19H20N4O2. The molecule has 1 aliphatic carbocycles. The van der Waals surface area contributed by atoms with Gasteiger partial charge in [0.05, 0.1) is 10.9 Å². The molecule has 0 atom stereocenters. The minimum Gasteiger partial charge on any atom is -0.445 e. The zero-order valence-corrected chi connectivity index (χ0v) is 14.5. The standard InChI is InChI=1S/C19H20N4O2/c1-11-4-6-13(7-5-11)22-17(24)14-10-25-18-15(14)16(20-12(2)21-18)23-19(3)8-9-19/h4-7,10H,8-9H2,1-3H3,(H,22,24)(H,20,21,23). The van der Waals surface area contributed by atoms with E-state index in [1.165, 1.54) is 6.26 Å². The van der Waals surface area contributed by atoms with Crippen molar-refractivity contribution in [3.63, 3.8) is 0 Å². The van der Waals surface area contributed by atoms with Crippen LogP contribution in [0.25, 0.3) is 11.1 Å². The molecule has 6 nitrogen and oxygen atoms in total. The van der Waals surface area contributed by atoms with E-state index in [9.17, 15) is 4.79 Å². The molecule has 1 saturated carbocycles. The predicted molar refractivity (Wildman–Crippen MR) is 96.9 cm³/mol. The fourth-order valence-corrected chi connectivity index (χ4v) is 2.74. The van der Waals surface area contributed by atoms with Crippen LogP contribution in [0.1, 0.15) is 41.5 Å². The molecule has 6 heteroatoms. The largest absolute Gasteiger partial charge is 0.445 e. The molecule has 25 heavy (non-hydrogen) atoms. The molecule has 2 aromatic heterocycles. The van der Waals surface area contributed by atoms with E-state index >= 15 is 0 Å². The van der Waals surface area contributed by atoms with E-state index in [2.05, 4.69) is 27.5 Å². The zero-order chi connectivity index (χ0) is 17.6. The highest BCUT2D eigenvalue weighted by Gasteiger charge is 2.38. The van der Waals surface area contributed by atoms with E-state index in [0.29, 0.717) is 28.3 Å². The maximum absolute atomic E-state index is 12.7. The van der Waals surface area contributed by atoms with Crippen molar-refractivity contribution in [1.82, 2.24) is 9.97 Å². The second-order valence-electron chi connectivity index (χ2n) is 6.95. The van der Waals surface area contributed by atoms with Gasteiger partial charge in [-0.2, -0.15) is 4.98 Å². The highest BCUT2D eigenvalue weighted by atomic mass is 16.3. The van der Waals surface area contributed by atoms with Crippen LogP contribution in [-0.4, -0.2) is 21.4 Å². The molecule has 1 fully saturated rings. The highest BCUT2D eigenvalue weighted by molar-refractivity contribution is 6.14. The summed E-state index contributed by atoms with van der Waals surface area (Å²) in [6.07, 6.45) is 3.61. The number of anilines is 2.